The van der Waals surface area contributed by atoms with Crippen LogP contribution in [-0.2, 0) is 19.7 Å². The molecule has 32 heavy (non-hydrogen) atoms. The maximum absolute atomic E-state index is 12.6. The number of amides is 1. The van der Waals surface area contributed by atoms with Crippen LogP contribution in [0.5, 0.6) is 5.75 Å². The number of nitrogens with one attached hydrogen (secondary N) is 1. The Morgan fingerprint density at radius 2 is 1.94 bits per heavy atom. The zero-order chi connectivity index (χ0) is 22.2. The molecule has 2 heterocycles. The van der Waals surface area contributed by atoms with E-state index in [-0.39, 0.29) is 5.91 Å². The molecule has 1 N–H and O–H groups in total. The van der Waals surface area contributed by atoms with E-state index in [1.807, 2.05) is 24.3 Å². The standard InChI is InChI=1S/C27H31N3O2/c1-21-5-4-14-30(18-21)19-23-11-9-22(10-12-23)17-29-27(31)25-7-2-8-26(15-25)32-20-24-6-3-13-28-16-24/h2-3,6-13,15-16,21H,4-5,14,17-20H2,1H3,(H,29,31). The normalized spacial score (nSPS) is 16.5. The van der Waals surface area contributed by atoms with Gasteiger partial charge < -0.3 is 10.1 Å². The van der Waals surface area contributed by atoms with E-state index in [9.17, 15) is 4.79 Å². The van der Waals surface area contributed by atoms with Crippen LogP contribution in [-0.4, -0.2) is 28.9 Å². The van der Waals surface area contributed by atoms with E-state index in [1.165, 1.54) is 31.5 Å². The molecule has 2 aromatic carbocycles. The van der Waals surface area contributed by atoms with Gasteiger partial charge in [0.05, 0.1) is 0 Å². The van der Waals surface area contributed by atoms with Gasteiger partial charge in [-0.25, -0.2) is 0 Å². The molecule has 4 rings (SSSR count). The van der Waals surface area contributed by atoms with E-state index >= 15 is 0 Å². The number of rotatable bonds is 8. The van der Waals surface area contributed by atoms with Crippen LogP contribution >= 0.6 is 0 Å². The summed E-state index contributed by atoms with van der Waals surface area (Å²) in [7, 11) is 0. The van der Waals surface area contributed by atoms with Crippen LogP contribution in [0.3, 0.4) is 0 Å². The molecule has 1 unspecified atom stereocenters. The first-order valence-electron chi connectivity index (χ1n) is 11.4. The van der Waals surface area contributed by atoms with Crippen LogP contribution in [0.1, 0.15) is 46.8 Å². The first-order valence-corrected chi connectivity index (χ1v) is 11.4. The van der Waals surface area contributed by atoms with Crippen LogP contribution in [0.25, 0.3) is 0 Å². The lowest BCUT2D eigenvalue weighted by Gasteiger charge is -2.30. The Hall–Kier alpha value is -3.18. The summed E-state index contributed by atoms with van der Waals surface area (Å²) in [5.41, 5.74) is 4.00. The van der Waals surface area contributed by atoms with Crippen molar-refractivity contribution < 1.29 is 9.53 Å². The first-order chi connectivity index (χ1) is 15.7. The third-order valence-electron chi connectivity index (χ3n) is 5.85. The Bertz CT molecular complexity index is 1000. The number of nitrogens with zero attached hydrogens (tertiary/aromatic N) is 2. The molecule has 0 aliphatic carbocycles. The van der Waals surface area contributed by atoms with Crippen molar-refractivity contribution in [1.29, 1.82) is 0 Å². The summed E-state index contributed by atoms with van der Waals surface area (Å²) in [5, 5.41) is 3.01. The lowest BCUT2D eigenvalue weighted by Crippen LogP contribution is -2.33. The number of hydrogen-bond donors (Lipinski definition) is 1. The number of likely N-dealkylation sites (tertiary alicyclic amines) is 1. The predicted octanol–water partition coefficient (Wildman–Crippen LogP) is 4.82. The first kappa shape index (κ1) is 22.0. The molecular weight excluding hydrogens is 398 g/mol. The van der Waals surface area contributed by atoms with E-state index in [4.69, 9.17) is 4.74 Å². The number of aromatic nitrogens is 1. The van der Waals surface area contributed by atoms with Gasteiger partial charge in [-0.15, -0.1) is 0 Å². The highest BCUT2D eigenvalue weighted by Crippen LogP contribution is 2.18. The largest absolute Gasteiger partial charge is 0.489 e. The van der Waals surface area contributed by atoms with Crippen molar-refractivity contribution in [1.82, 2.24) is 15.2 Å². The van der Waals surface area contributed by atoms with Gasteiger partial charge in [0.15, 0.2) is 0 Å². The average molecular weight is 430 g/mol. The minimum atomic E-state index is -0.108. The molecule has 1 aliphatic heterocycles. The quantitative estimate of drug-likeness (QED) is 0.558. The highest BCUT2D eigenvalue weighted by molar-refractivity contribution is 5.94. The van der Waals surface area contributed by atoms with Crippen LogP contribution in [0.15, 0.2) is 73.1 Å². The molecule has 0 spiro atoms. The third-order valence-corrected chi connectivity index (χ3v) is 5.85. The van der Waals surface area contributed by atoms with Crippen molar-refractivity contribution in [3.05, 3.63) is 95.3 Å². The molecule has 1 atom stereocenters. The number of ether oxygens (including phenoxy) is 1. The molecule has 1 fully saturated rings. The van der Waals surface area contributed by atoms with Crippen molar-refractivity contribution in [3.63, 3.8) is 0 Å². The van der Waals surface area contributed by atoms with E-state index in [0.29, 0.717) is 24.5 Å². The molecular formula is C27H31N3O2. The fraction of sp³-hybridized carbons (Fsp3) is 0.333. The molecule has 1 saturated heterocycles. The van der Waals surface area contributed by atoms with Gasteiger partial charge in [-0.1, -0.05) is 43.3 Å². The minimum absolute atomic E-state index is 0.108. The molecule has 166 valence electrons. The second-order valence-electron chi connectivity index (χ2n) is 8.66. The van der Waals surface area contributed by atoms with Crippen molar-refractivity contribution in [2.75, 3.05) is 13.1 Å². The second-order valence-corrected chi connectivity index (χ2v) is 8.66. The summed E-state index contributed by atoms with van der Waals surface area (Å²) in [5.74, 6) is 1.35. The lowest BCUT2D eigenvalue weighted by atomic mass is 9.99. The molecule has 1 aliphatic rings. The smallest absolute Gasteiger partial charge is 0.251 e. The van der Waals surface area contributed by atoms with Gasteiger partial charge in [0.1, 0.15) is 12.4 Å². The number of pyridine rings is 1. The number of piperidine rings is 1. The number of carbonyl (C=O) groups is 1. The summed E-state index contributed by atoms with van der Waals surface area (Å²) in [6, 6.07) is 19.7. The molecule has 5 heteroatoms. The zero-order valence-electron chi connectivity index (χ0n) is 18.7. The molecule has 3 aromatic rings. The van der Waals surface area contributed by atoms with Crippen LogP contribution < -0.4 is 10.1 Å². The number of benzene rings is 2. The zero-order valence-corrected chi connectivity index (χ0v) is 18.7. The van der Waals surface area contributed by atoms with E-state index in [1.54, 1.807) is 24.5 Å². The molecule has 0 bridgehead atoms. The van der Waals surface area contributed by atoms with Crippen LogP contribution in [0, 0.1) is 5.92 Å². The fourth-order valence-electron chi connectivity index (χ4n) is 4.11. The Labute approximate surface area is 190 Å². The summed E-state index contributed by atoms with van der Waals surface area (Å²) in [4.78, 5) is 19.2. The summed E-state index contributed by atoms with van der Waals surface area (Å²) in [6.07, 6.45) is 6.14. The molecule has 0 radical (unpaired) electrons. The molecule has 5 nitrogen and oxygen atoms in total. The van der Waals surface area contributed by atoms with Crippen molar-refractivity contribution in [2.45, 2.75) is 39.5 Å². The van der Waals surface area contributed by atoms with Crippen molar-refractivity contribution in [2.24, 2.45) is 5.92 Å². The molecule has 0 saturated carbocycles. The van der Waals surface area contributed by atoms with E-state index < -0.39 is 0 Å². The highest BCUT2D eigenvalue weighted by Gasteiger charge is 2.16. The lowest BCUT2D eigenvalue weighted by molar-refractivity contribution is 0.0950. The molecule has 1 aromatic heterocycles. The van der Waals surface area contributed by atoms with Gasteiger partial charge in [-0.2, -0.15) is 0 Å². The van der Waals surface area contributed by atoms with Crippen LogP contribution in [0.4, 0.5) is 0 Å². The Morgan fingerprint density at radius 3 is 2.72 bits per heavy atom. The van der Waals surface area contributed by atoms with E-state index in [0.717, 1.165) is 23.6 Å². The van der Waals surface area contributed by atoms with Gasteiger partial charge in [-0.3, -0.25) is 14.7 Å². The minimum Gasteiger partial charge on any atom is -0.489 e. The maximum atomic E-state index is 12.6. The Kier molecular flexibility index (Phi) is 7.51. The molecule has 1 amide bonds. The third kappa shape index (κ3) is 6.41. The van der Waals surface area contributed by atoms with Crippen LogP contribution in [0.2, 0.25) is 0 Å². The van der Waals surface area contributed by atoms with Crippen molar-refractivity contribution >= 4 is 5.91 Å². The summed E-state index contributed by atoms with van der Waals surface area (Å²) < 4.78 is 5.80. The number of carbonyl (C=O) groups excluding carboxylic acids is 1. The Balaban J connectivity index is 1.27. The van der Waals surface area contributed by atoms with Gasteiger partial charge in [0.25, 0.3) is 5.91 Å². The fourth-order valence-corrected chi connectivity index (χ4v) is 4.11. The predicted molar refractivity (Wildman–Crippen MR) is 126 cm³/mol. The van der Waals surface area contributed by atoms with Gasteiger partial charge in [0, 0.05) is 43.2 Å². The highest BCUT2D eigenvalue weighted by atomic mass is 16.5. The van der Waals surface area contributed by atoms with Gasteiger partial charge in [0.2, 0.25) is 0 Å². The summed E-state index contributed by atoms with van der Waals surface area (Å²) >= 11 is 0. The second kappa shape index (κ2) is 10.9. The number of hydrogen-bond acceptors (Lipinski definition) is 4. The summed E-state index contributed by atoms with van der Waals surface area (Å²) in [6.45, 7) is 6.63. The van der Waals surface area contributed by atoms with Gasteiger partial charge >= 0.3 is 0 Å². The Morgan fingerprint density at radius 1 is 1.09 bits per heavy atom. The topological polar surface area (TPSA) is 54.5 Å². The van der Waals surface area contributed by atoms with Gasteiger partial charge in [-0.05, 0) is 60.7 Å². The monoisotopic (exact) mass is 429 g/mol. The van der Waals surface area contributed by atoms with E-state index in [2.05, 4.69) is 46.4 Å². The SMILES string of the molecule is CC1CCCN(Cc2ccc(CNC(=O)c3cccc(OCc4cccnc4)c3)cc2)C1. The average Bonchev–Trinajstić information content (AvgIpc) is 2.83. The van der Waals surface area contributed by atoms with Crippen molar-refractivity contribution in [3.8, 4) is 5.75 Å². The maximum Gasteiger partial charge on any atom is 0.251 e.